The van der Waals surface area contributed by atoms with E-state index in [1.807, 2.05) is 6.92 Å². The lowest BCUT2D eigenvalue weighted by Gasteiger charge is -2.09. The average Bonchev–Trinajstić information content (AvgIpc) is 2.70. The summed E-state index contributed by atoms with van der Waals surface area (Å²) in [6, 6.07) is 3.66. The van der Waals surface area contributed by atoms with E-state index in [-0.39, 0.29) is 12.0 Å². The molecule has 1 aromatic carbocycles. The van der Waals surface area contributed by atoms with Gasteiger partial charge >= 0.3 is 0 Å². The molecule has 90 valence electrons. The van der Waals surface area contributed by atoms with Crippen molar-refractivity contribution in [3.8, 4) is 0 Å². The lowest BCUT2D eigenvalue weighted by Crippen LogP contribution is -2.06. The highest BCUT2D eigenvalue weighted by molar-refractivity contribution is 7.09. The van der Waals surface area contributed by atoms with Crippen LogP contribution in [0.15, 0.2) is 23.6 Å². The molecule has 0 spiro atoms. The first-order valence-corrected chi connectivity index (χ1v) is 5.99. The Kier molecular flexibility index (Phi) is 3.49. The van der Waals surface area contributed by atoms with Gasteiger partial charge in [-0.1, -0.05) is 6.07 Å². The van der Waals surface area contributed by atoms with Gasteiger partial charge in [-0.05, 0) is 19.1 Å². The van der Waals surface area contributed by atoms with Crippen molar-refractivity contribution in [2.24, 2.45) is 0 Å². The maximum Gasteiger partial charge on any atom is 0.129 e. The minimum absolute atomic E-state index is 0.106. The fourth-order valence-electron chi connectivity index (χ4n) is 1.56. The Morgan fingerprint density at radius 2 is 2.00 bits per heavy atom. The number of halogens is 2. The maximum absolute atomic E-state index is 13.4. The predicted octanol–water partition coefficient (Wildman–Crippen LogP) is 3.01. The number of aliphatic hydroxyl groups is 1. The molecule has 0 saturated heterocycles. The molecule has 0 amide bonds. The summed E-state index contributed by atoms with van der Waals surface area (Å²) in [6.45, 7) is 1.81. The molecule has 0 aliphatic rings. The van der Waals surface area contributed by atoms with Gasteiger partial charge < -0.3 is 5.11 Å². The molecule has 0 radical (unpaired) electrons. The van der Waals surface area contributed by atoms with Gasteiger partial charge in [-0.3, -0.25) is 0 Å². The number of rotatable bonds is 3. The minimum atomic E-state index is -0.980. The predicted molar refractivity (Wildman–Crippen MR) is 61.9 cm³/mol. The number of aromatic nitrogens is 1. The molecule has 0 aliphatic carbocycles. The zero-order valence-corrected chi connectivity index (χ0v) is 9.97. The van der Waals surface area contributed by atoms with Gasteiger partial charge in [-0.2, -0.15) is 0 Å². The van der Waals surface area contributed by atoms with Crippen LogP contribution in [0.4, 0.5) is 8.78 Å². The molecular weight excluding hydrogens is 244 g/mol. The van der Waals surface area contributed by atoms with Crippen LogP contribution in [0.1, 0.15) is 22.4 Å². The van der Waals surface area contributed by atoms with E-state index >= 15 is 0 Å². The van der Waals surface area contributed by atoms with Gasteiger partial charge in [-0.15, -0.1) is 11.3 Å². The lowest BCUT2D eigenvalue weighted by atomic mass is 10.1. The Bertz CT molecular complexity index is 507. The van der Waals surface area contributed by atoms with Crippen LogP contribution in [0, 0.1) is 18.6 Å². The third kappa shape index (κ3) is 2.68. The normalized spacial score (nSPS) is 12.7. The second-order valence-corrected chi connectivity index (χ2v) is 4.77. The van der Waals surface area contributed by atoms with Crippen molar-refractivity contribution in [1.82, 2.24) is 4.98 Å². The molecule has 0 saturated carbocycles. The summed E-state index contributed by atoms with van der Waals surface area (Å²) in [6.07, 6.45) is -1.09. The van der Waals surface area contributed by atoms with E-state index in [9.17, 15) is 13.9 Å². The van der Waals surface area contributed by atoms with E-state index in [0.29, 0.717) is 5.69 Å². The number of aliphatic hydroxyl groups excluding tert-OH is 1. The van der Waals surface area contributed by atoms with Crippen molar-refractivity contribution < 1.29 is 13.9 Å². The van der Waals surface area contributed by atoms with Gasteiger partial charge in [0.25, 0.3) is 0 Å². The van der Waals surface area contributed by atoms with E-state index in [0.717, 1.165) is 5.01 Å². The van der Waals surface area contributed by atoms with Gasteiger partial charge in [0, 0.05) is 17.4 Å². The fourth-order valence-corrected chi connectivity index (χ4v) is 2.22. The zero-order valence-electron chi connectivity index (χ0n) is 9.15. The molecule has 2 rings (SSSR count). The van der Waals surface area contributed by atoms with Crippen molar-refractivity contribution in [1.29, 1.82) is 0 Å². The van der Waals surface area contributed by atoms with Crippen molar-refractivity contribution >= 4 is 11.3 Å². The summed E-state index contributed by atoms with van der Waals surface area (Å²) in [5, 5.41) is 12.4. The standard InChI is InChI=1S/C12H11F2NOS/c1-7-15-11(6-17-7)12(16)5-8-9(13)3-2-4-10(8)14/h2-4,6,12,16H,5H2,1H3. The van der Waals surface area contributed by atoms with Crippen molar-refractivity contribution in [3.63, 3.8) is 0 Å². The van der Waals surface area contributed by atoms with Gasteiger partial charge in [-0.25, -0.2) is 13.8 Å². The number of benzene rings is 1. The van der Waals surface area contributed by atoms with Gasteiger partial charge in [0.2, 0.25) is 0 Å². The smallest absolute Gasteiger partial charge is 0.129 e. The van der Waals surface area contributed by atoms with Crippen LogP contribution in [0.2, 0.25) is 0 Å². The second-order valence-electron chi connectivity index (χ2n) is 3.71. The quantitative estimate of drug-likeness (QED) is 0.914. The van der Waals surface area contributed by atoms with Crippen LogP contribution in [-0.4, -0.2) is 10.1 Å². The van der Waals surface area contributed by atoms with E-state index in [4.69, 9.17) is 0 Å². The second kappa shape index (κ2) is 4.89. The van der Waals surface area contributed by atoms with Crippen LogP contribution in [-0.2, 0) is 6.42 Å². The van der Waals surface area contributed by atoms with E-state index in [1.54, 1.807) is 5.38 Å². The van der Waals surface area contributed by atoms with Crippen molar-refractivity contribution in [3.05, 3.63) is 51.5 Å². The molecule has 1 aromatic heterocycles. The van der Waals surface area contributed by atoms with E-state index in [1.165, 1.54) is 29.5 Å². The van der Waals surface area contributed by atoms with Crippen LogP contribution in [0.5, 0.6) is 0 Å². The summed E-state index contributed by atoms with van der Waals surface area (Å²) >= 11 is 1.39. The topological polar surface area (TPSA) is 33.1 Å². The summed E-state index contributed by atoms with van der Waals surface area (Å²) in [4.78, 5) is 4.09. The van der Waals surface area contributed by atoms with Gasteiger partial charge in [0.05, 0.1) is 10.7 Å². The minimum Gasteiger partial charge on any atom is -0.386 e. The molecule has 17 heavy (non-hydrogen) atoms. The Morgan fingerprint density at radius 3 is 2.53 bits per heavy atom. The Hall–Kier alpha value is -1.33. The number of aryl methyl sites for hydroxylation is 1. The zero-order chi connectivity index (χ0) is 12.4. The van der Waals surface area contributed by atoms with Gasteiger partial charge in [0.15, 0.2) is 0 Å². The largest absolute Gasteiger partial charge is 0.386 e. The van der Waals surface area contributed by atoms with Crippen LogP contribution < -0.4 is 0 Å². The first-order valence-electron chi connectivity index (χ1n) is 5.11. The van der Waals surface area contributed by atoms with E-state index < -0.39 is 17.7 Å². The van der Waals surface area contributed by atoms with Crippen LogP contribution in [0.3, 0.4) is 0 Å². The SMILES string of the molecule is Cc1nc(C(O)Cc2c(F)cccc2F)cs1. The molecule has 1 N–H and O–H groups in total. The Balaban J connectivity index is 2.21. The molecule has 1 atom stereocenters. The fraction of sp³-hybridized carbons (Fsp3) is 0.250. The summed E-state index contributed by atoms with van der Waals surface area (Å²) < 4.78 is 26.7. The number of thiazole rings is 1. The Morgan fingerprint density at radius 1 is 1.35 bits per heavy atom. The third-order valence-electron chi connectivity index (χ3n) is 2.44. The monoisotopic (exact) mass is 255 g/mol. The summed E-state index contributed by atoms with van der Waals surface area (Å²) in [5.41, 5.74) is 0.348. The van der Waals surface area contributed by atoms with E-state index in [2.05, 4.69) is 4.98 Å². The summed E-state index contributed by atoms with van der Waals surface area (Å²) in [7, 11) is 0. The molecule has 0 bridgehead atoms. The van der Waals surface area contributed by atoms with Crippen molar-refractivity contribution in [2.45, 2.75) is 19.4 Å². The lowest BCUT2D eigenvalue weighted by molar-refractivity contribution is 0.171. The molecule has 0 fully saturated rings. The highest BCUT2D eigenvalue weighted by Crippen LogP contribution is 2.23. The maximum atomic E-state index is 13.4. The molecule has 1 unspecified atom stereocenters. The molecule has 0 aliphatic heterocycles. The number of hydrogen-bond acceptors (Lipinski definition) is 3. The van der Waals surface area contributed by atoms with Crippen molar-refractivity contribution in [2.75, 3.05) is 0 Å². The van der Waals surface area contributed by atoms with Crippen LogP contribution in [0.25, 0.3) is 0 Å². The molecular formula is C12H11F2NOS. The molecule has 2 nitrogen and oxygen atoms in total. The number of nitrogens with zero attached hydrogens (tertiary/aromatic N) is 1. The molecule has 2 aromatic rings. The molecule has 1 heterocycles. The molecule has 5 heteroatoms. The Labute approximate surface area is 102 Å². The highest BCUT2D eigenvalue weighted by atomic mass is 32.1. The average molecular weight is 255 g/mol. The third-order valence-corrected chi connectivity index (χ3v) is 3.23. The van der Waals surface area contributed by atoms with Gasteiger partial charge in [0.1, 0.15) is 17.7 Å². The number of hydrogen-bond donors (Lipinski definition) is 1. The first-order chi connectivity index (χ1) is 8.08. The summed E-state index contributed by atoms with van der Waals surface area (Å²) in [5.74, 6) is -1.29. The highest BCUT2D eigenvalue weighted by Gasteiger charge is 2.17. The first kappa shape index (κ1) is 12.1. The van der Waals surface area contributed by atoms with Crippen LogP contribution >= 0.6 is 11.3 Å².